The van der Waals surface area contributed by atoms with Crippen LogP contribution < -0.4 is 5.73 Å². The lowest BCUT2D eigenvalue weighted by molar-refractivity contribution is 0.190. The van der Waals surface area contributed by atoms with Crippen LogP contribution in [0.25, 0.3) is 0 Å². The number of aromatic nitrogens is 3. The van der Waals surface area contributed by atoms with Crippen LogP contribution in [0.2, 0.25) is 0 Å². The summed E-state index contributed by atoms with van der Waals surface area (Å²) < 4.78 is 7.13. The summed E-state index contributed by atoms with van der Waals surface area (Å²) in [4.78, 5) is 0. The van der Waals surface area contributed by atoms with E-state index in [1.54, 1.807) is 7.11 Å². The van der Waals surface area contributed by atoms with Crippen LogP contribution in [0.15, 0.2) is 0 Å². The molecule has 5 heteroatoms. The zero-order chi connectivity index (χ0) is 12.1. The molecule has 1 saturated carbocycles. The predicted molar refractivity (Wildman–Crippen MR) is 65.9 cm³/mol. The monoisotopic (exact) mass is 238 g/mol. The van der Waals surface area contributed by atoms with E-state index in [0.29, 0.717) is 12.5 Å². The van der Waals surface area contributed by atoms with Gasteiger partial charge in [-0.2, -0.15) is 0 Å². The van der Waals surface area contributed by atoms with E-state index in [2.05, 4.69) is 15.0 Å². The van der Waals surface area contributed by atoms with E-state index in [9.17, 15) is 0 Å². The molecule has 1 aliphatic rings. The molecule has 1 fully saturated rings. The molecule has 2 rings (SSSR count). The summed E-state index contributed by atoms with van der Waals surface area (Å²) in [6.45, 7) is 2.43. The SMILES string of the molecule is COCCCCn1nnc(CCN)c1C1CC1. The number of hydrogen-bond donors (Lipinski definition) is 1. The molecule has 0 amide bonds. The summed E-state index contributed by atoms with van der Waals surface area (Å²) in [5, 5.41) is 8.53. The highest BCUT2D eigenvalue weighted by Gasteiger charge is 2.30. The number of methoxy groups -OCH3 is 1. The molecule has 1 aromatic heterocycles. The highest BCUT2D eigenvalue weighted by molar-refractivity contribution is 5.20. The van der Waals surface area contributed by atoms with Crippen molar-refractivity contribution in [1.29, 1.82) is 0 Å². The van der Waals surface area contributed by atoms with E-state index in [4.69, 9.17) is 10.5 Å². The van der Waals surface area contributed by atoms with E-state index in [1.165, 1.54) is 18.5 Å². The van der Waals surface area contributed by atoms with Crippen molar-refractivity contribution in [2.45, 2.75) is 44.6 Å². The van der Waals surface area contributed by atoms with E-state index >= 15 is 0 Å². The second-order valence-electron chi connectivity index (χ2n) is 4.66. The number of nitrogens with two attached hydrogens (primary N) is 1. The number of unbranched alkanes of at least 4 members (excludes halogenated alkanes) is 1. The molecule has 17 heavy (non-hydrogen) atoms. The summed E-state index contributed by atoms with van der Waals surface area (Å²) in [5.41, 5.74) is 8.06. The molecule has 1 aromatic rings. The molecule has 1 heterocycles. The first-order valence-electron chi connectivity index (χ1n) is 6.48. The molecule has 0 aromatic carbocycles. The molecule has 0 spiro atoms. The van der Waals surface area contributed by atoms with Gasteiger partial charge >= 0.3 is 0 Å². The van der Waals surface area contributed by atoms with Crippen molar-refractivity contribution < 1.29 is 4.74 Å². The summed E-state index contributed by atoms with van der Waals surface area (Å²) in [6.07, 6.45) is 5.58. The number of ether oxygens (including phenoxy) is 1. The molecule has 0 radical (unpaired) electrons. The third-order valence-electron chi connectivity index (χ3n) is 3.16. The van der Waals surface area contributed by atoms with E-state index < -0.39 is 0 Å². The van der Waals surface area contributed by atoms with Crippen molar-refractivity contribution in [3.05, 3.63) is 11.4 Å². The molecule has 96 valence electrons. The maximum absolute atomic E-state index is 5.61. The van der Waals surface area contributed by atoms with Gasteiger partial charge in [-0.1, -0.05) is 5.21 Å². The smallest absolute Gasteiger partial charge is 0.0874 e. The van der Waals surface area contributed by atoms with Gasteiger partial charge in [0.1, 0.15) is 0 Å². The first-order chi connectivity index (χ1) is 8.36. The van der Waals surface area contributed by atoms with Crippen molar-refractivity contribution in [1.82, 2.24) is 15.0 Å². The van der Waals surface area contributed by atoms with Crippen LogP contribution in [0.4, 0.5) is 0 Å². The van der Waals surface area contributed by atoms with Gasteiger partial charge < -0.3 is 10.5 Å². The van der Waals surface area contributed by atoms with E-state index in [1.807, 2.05) is 0 Å². The maximum Gasteiger partial charge on any atom is 0.0874 e. The van der Waals surface area contributed by atoms with Crippen molar-refractivity contribution >= 4 is 0 Å². The van der Waals surface area contributed by atoms with Crippen LogP contribution in [-0.2, 0) is 17.7 Å². The Labute approximate surface area is 102 Å². The van der Waals surface area contributed by atoms with Crippen LogP contribution >= 0.6 is 0 Å². The molecule has 0 atom stereocenters. The van der Waals surface area contributed by atoms with Crippen LogP contribution in [0.3, 0.4) is 0 Å². The molecule has 0 aliphatic heterocycles. The van der Waals surface area contributed by atoms with Crippen molar-refractivity contribution in [3.8, 4) is 0 Å². The summed E-state index contributed by atoms with van der Waals surface area (Å²) in [7, 11) is 1.74. The third kappa shape index (κ3) is 3.26. The largest absolute Gasteiger partial charge is 0.385 e. The lowest BCUT2D eigenvalue weighted by atomic mass is 10.2. The fraction of sp³-hybridized carbons (Fsp3) is 0.833. The fourth-order valence-corrected chi connectivity index (χ4v) is 2.15. The molecule has 0 bridgehead atoms. The van der Waals surface area contributed by atoms with Gasteiger partial charge in [0, 0.05) is 32.6 Å². The first-order valence-corrected chi connectivity index (χ1v) is 6.48. The minimum absolute atomic E-state index is 0.655. The Morgan fingerprint density at radius 1 is 1.41 bits per heavy atom. The number of rotatable bonds is 8. The lowest BCUT2D eigenvalue weighted by Crippen LogP contribution is -2.08. The Kier molecular flexibility index (Phi) is 4.50. The topological polar surface area (TPSA) is 66.0 Å². The average molecular weight is 238 g/mol. The van der Waals surface area contributed by atoms with Gasteiger partial charge in [-0.15, -0.1) is 5.10 Å². The molecule has 2 N–H and O–H groups in total. The zero-order valence-corrected chi connectivity index (χ0v) is 10.6. The van der Waals surface area contributed by atoms with Crippen molar-refractivity contribution in [2.24, 2.45) is 5.73 Å². The fourth-order valence-electron chi connectivity index (χ4n) is 2.15. The summed E-state index contributed by atoms with van der Waals surface area (Å²) >= 11 is 0. The predicted octanol–water partition coefficient (Wildman–Crippen LogP) is 1.08. The highest BCUT2D eigenvalue weighted by Crippen LogP contribution is 2.41. The van der Waals surface area contributed by atoms with Gasteiger partial charge in [0.15, 0.2) is 0 Å². The maximum atomic E-state index is 5.61. The Balaban J connectivity index is 1.95. The Bertz CT molecular complexity index is 346. The highest BCUT2D eigenvalue weighted by atomic mass is 16.5. The van der Waals surface area contributed by atoms with E-state index in [0.717, 1.165) is 38.1 Å². The van der Waals surface area contributed by atoms with E-state index in [-0.39, 0.29) is 0 Å². The quantitative estimate of drug-likeness (QED) is 0.688. The number of hydrogen-bond acceptors (Lipinski definition) is 4. The molecule has 0 saturated heterocycles. The molecular weight excluding hydrogens is 216 g/mol. The van der Waals surface area contributed by atoms with Crippen molar-refractivity contribution in [2.75, 3.05) is 20.3 Å². The molecule has 5 nitrogen and oxygen atoms in total. The average Bonchev–Trinajstić information content (AvgIpc) is 3.09. The summed E-state index contributed by atoms with van der Waals surface area (Å²) in [6, 6.07) is 0. The first kappa shape index (κ1) is 12.5. The van der Waals surface area contributed by atoms with Gasteiger partial charge in [-0.3, -0.25) is 0 Å². The van der Waals surface area contributed by atoms with Gasteiger partial charge in [0.05, 0.1) is 11.4 Å². The van der Waals surface area contributed by atoms with Crippen molar-refractivity contribution in [3.63, 3.8) is 0 Å². The van der Waals surface area contributed by atoms with Gasteiger partial charge in [-0.05, 0) is 32.2 Å². The molecule has 1 aliphatic carbocycles. The third-order valence-corrected chi connectivity index (χ3v) is 3.16. The molecule has 0 unspecified atom stereocenters. The van der Waals surface area contributed by atoms with Crippen LogP contribution in [0.5, 0.6) is 0 Å². The van der Waals surface area contributed by atoms with Crippen LogP contribution in [0, 0.1) is 0 Å². The molecular formula is C12H22N4O. The van der Waals surface area contributed by atoms with Gasteiger partial charge in [0.25, 0.3) is 0 Å². The zero-order valence-electron chi connectivity index (χ0n) is 10.6. The number of aryl methyl sites for hydroxylation is 1. The minimum atomic E-state index is 0.655. The second kappa shape index (κ2) is 6.12. The Morgan fingerprint density at radius 2 is 2.24 bits per heavy atom. The van der Waals surface area contributed by atoms with Crippen LogP contribution in [-0.4, -0.2) is 35.3 Å². The Morgan fingerprint density at radius 3 is 2.88 bits per heavy atom. The standard InChI is InChI=1S/C12H22N4O/c1-17-9-3-2-8-16-12(10-4-5-10)11(6-7-13)14-15-16/h10H,2-9,13H2,1H3. The summed E-state index contributed by atoms with van der Waals surface area (Å²) in [5.74, 6) is 0.689. The Hall–Kier alpha value is -0.940. The van der Waals surface area contributed by atoms with Gasteiger partial charge in [-0.25, -0.2) is 4.68 Å². The van der Waals surface area contributed by atoms with Crippen LogP contribution in [0.1, 0.15) is 43.0 Å². The minimum Gasteiger partial charge on any atom is -0.385 e. The van der Waals surface area contributed by atoms with Gasteiger partial charge in [0.2, 0.25) is 0 Å². The normalized spacial score (nSPS) is 15.4. The number of nitrogens with zero attached hydrogens (tertiary/aromatic N) is 3. The lowest BCUT2D eigenvalue weighted by Gasteiger charge is -2.06. The second-order valence-corrected chi connectivity index (χ2v) is 4.66.